The van der Waals surface area contributed by atoms with Crippen molar-refractivity contribution < 1.29 is 9.84 Å². The number of methoxy groups -OCH3 is 1. The third kappa shape index (κ3) is 2.01. The Bertz CT molecular complexity index is 535. The maximum atomic E-state index is 9.09. The largest absolute Gasteiger partial charge is 0.497 e. The molecule has 2 aromatic rings. The fourth-order valence-electron chi connectivity index (χ4n) is 1.73. The Morgan fingerprint density at radius 1 is 1.35 bits per heavy atom. The van der Waals surface area contributed by atoms with Crippen LogP contribution < -0.4 is 4.74 Å². The first-order chi connectivity index (χ1) is 8.17. The molecule has 1 heterocycles. The molecule has 0 aliphatic rings. The summed E-state index contributed by atoms with van der Waals surface area (Å²) in [5, 5.41) is 17.1. The summed E-state index contributed by atoms with van der Waals surface area (Å²) < 4.78 is 6.88. The predicted octanol–water partition coefficient (Wildman–Crippen LogP) is 1.39. The number of rotatable bonds is 3. The lowest BCUT2D eigenvalue weighted by Crippen LogP contribution is -2.02. The van der Waals surface area contributed by atoms with Crippen molar-refractivity contribution in [2.75, 3.05) is 7.11 Å². The van der Waals surface area contributed by atoms with Crippen molar-refractivity contribution in [2.45, 2.75) is 20.5 Å². The number of nitrogens with zero attached hydrogens (tertiary/aromatic N) is 3. The fraction of sp³-hybridized carbons (Fsp3) is 0.333. The quantitative estimate of drug-likeness (QED) is 0.870. The number of aliphatic hydroxyl groups is 1. The van der Waals surface area contributed by atoms with Gasteiger partial charge in [0.1, 0.15) is 11.4 Å². The molecule has 0 unspecified atom stereocenters. The number of hydrogen-bond acceptors (Lipinski definition) is 4. The summed E-state index contributed by atoms with van der Waals surface area (Å²) in [6.45, 7) is 3.77. The van der Waals surface area contributed by atoms with E-state index in [-0.39, 0.29) is 6.61 Å². The Balaban J connectivity index is 2.49. The van der Waals surface area contributed by atoms with Gasteiger partial charge in [-0.1, -0.05) is 5.21 Å². The molecule has 1 aromatic carbocycles. The lowest BCUT2D eigenvalue weighted by atomic mass is 10.2. The summed E-state index contributed by atoms with van der Waals surface area (Å²) in [5.41, 5.74) is 3.43. The average Bonchev–Trinajstić information content (AvgIpc) is 2.70. The van der Waals surface area contributed by atoms with Crippen molar-refractivity contribution in [3.63, 3.8) is 0 Å². The monoisotopic (exact) mass is 233 g/mol. The lowest BCUT2D eigenvalue weighted by molar-refractivity contribution is 0.276. The molecular formula is C12H15N3O2. The second kappa shape index (κ2) is 4.55. The van der Waals surface area contributed by atoms with E-state index in [1.807, 2.05) is 32.0 Å². The minimum absolute atomic E-state index is 0.0962. The number of aromatic nitrogens is 3. The fourth-order valence-corrected chi connectivity index (χ4v) is 1.73. The van der Waals surface area contributed by atoms with Crippen molar-refractivity contribution >= 4 is 0 Å². The molecule has 0 aliphatic carbocycles. The Hall–Kier alpha value is -1.88. The Morgan fingerprint density at radius 3 is 2.65 bits per heavy atom. The minimum Gasteiger partial charge on any atom is -0.497 e. The zero-order chi connectivity index (χ0) is 12.4. The lowest BCUT2D eigenvalue weighted by Gasteiger charge is -2.09. The van der Waals surface area contributed by atoms with Crippen LogP contribution in [0.1, 0.15) is 17.0 Å². The van der Waals surface area contributed by atoms with Gasteiger partial charge in [0.05, 0.1) is 25.1 Å². The Morgan fingerprint density at radius 2 is 2.12 bits per heavy atom. The van der Waals surface area contributed by atoms with Gasteiger partial charge in [-0.05, 0) is 37.6 Å². The molecule has 0 saturated carbocycles. The zero-order valence-electron chi connectivity index (χ0n) is 10.1. The van der Waals surface area contributed by atoms with Gasteiger partial charge in [0.15, 0.2) is 0 Å². The average molecular weight is 233 g/mol. The Labute approximate surface area is 99.7 Å². The molecule has 90 valence electrons. The van der Waals surface area contributed by atoms with E-state index in [9.17, 15) is 0 Å². The van der Waals surface area contributed by atoms with Crippen molar-refractivity contribution in [1.82, 2.24) is 15.0 Å². The van der Waals surface area contributed by atoms with Crippen LogP contribution in [0.15, 0.2) is 18.2 Å². The van der Waals surface area contributed by atoms with Gasteiger partial charge in [0.25, 0.3) is 0 Å². The number of ether oxygens (including phenoxy) is 1. The zero-order valence-corrected chi connectivity index (χ0v) is 10.1. The van der Waals surface area contributed by atoms with Crippen LogP contribution in [0, 0.1) is 13.8 Å². The van der Waals surface area contributed by atoms with E-state index in [1.54, 1.807) is 11.8 Å². The van der Waals surface area contributed by atoms with Gasteiger partial charge in [0, 0.05) is 0 Å². The summed E-state index contributed by atoms with van der Waals surface area (Å²) in [5.74, 6) is 0.811. The summed E-state index contributed by atoms with van der Waals surface area (Å²) >= 11 is 0. The van der Waals surface area contributed by atoms with E-state index in [0.717, 1.165) is 22.7 Å². The Kier molecular flexibility index (Phi) is 3.10. The highest BCUT2D eigenvalue weighted by atomic mass is 16.5. The first-order valence-corrected chi connectivity index (χ1v) is 5.34. The van der Waals surface area contributed by atoms with Crippen LogP contribution in [0.3, 0.4) is 0 Å². The maximum Gasteiger partial charge on any atom is 0.119 e. The van der Waals surface area contributed by atoms with Crippen LogP contribution in [-0.4, -0.2) is 27.2 Å². The van der Waals surface area contributed by atoms with Gasteiger partial charge in [-0.15, -0.1) is 5.10 Å². The van der Waals surface area contributed by atoms with Gasteiger partial charge in [-0.25, -0.2) is 4.68 Å². The molecule has 0 saturated heterocycles. The topological polar surface area (TPSA) is 60.2 Å². The summed E-state index contributed by atoms with van der Waals surface area (Å²) in [6.07, 6.45) is 0. The molecule has 0 radical (unpaired) electrons. The second-order valence-electron chi connectivity index (χ2n) is 3.84. The molecule has 0 aliphatic heterocycles. The van der Waals surface area contributed by atoms with Crippen LogP contribution in [0.25, 0.3) is 5.69 Å². The van der Waals surface area contributed by atoms with Crippen molar-refractivity contribution in [1.29, 1.82) is 0 Å². The molecule has 5 nitrogen and oxygen atoms in total. The third-order valence-corrected chi connectivity index (χ3v) is 2.77. The van der Waals surface area contributed by atoms with Crippen LogP contribution in [-0.2, 0) is 6.61 Å². The van der Waals surface area contributed by atoms with Crippen LogP contribution in [0.4, 0.5) is 0 Å². The number of hydrogen-bond donors (Lipinski definition) is 1. The first-order valence-electron chi connectivity index (χ1n) is 5.34. The maximum absolute atomic E-state index is 9.09. The number of aryl methyl sites for hydroxylation is 1. The summed E-state index contributed by atoms with van der Waals surface area (Å²) in [7, 11) is 1.64. The van der Waals surface area contributed by atoms with E-state index in [2.05, 4.69) is 10.3 Å². The smallest absolute Gasteiger partial charge is 0.119 e. The molecule has 17 heavy (non-hydrogen) atoms. The highest BCUT2D eigenvalue weighted by Crippen LogP contribution is 2.21. The van der Waals surface area contributed by atoms with Gasteiger partial charge in [0.2, 0.25) is 0 Å². The molecule has 0 fully saturated rings. The van der Waals surface area contributed by atoms with Crippen LogP contribution in [0.2, 0.25) is 0 Å². The third-order valence-electron chi connectivity index (χ3n) is 2.77. The molecule has 0 spiro atoms. The normalized spacial score (nSPS) is 10.6. The van der Waals surface area contributed by atoms with Crippen molar-refractivity contribution in [2.24, 2.45) is 0 Å². The van der Waals surface area contributed by atoms with E-state index in [0.29, 0.717) is 5.69 Å². The van der Waals surface area contributed by atoms with Gasteiger partial charge in [-0.2, -0.15) is 0 Å². The van der Waals surface area contributed by atoms with Crippen molar-refractivity contribution in [3.05, 3.63) is 35.2 Å². The molecule has 0 atom stereocenters. The van der Waals surface area contributed by atoms with E-state index >= 15 is 0 Å². The molecule has 0 bridgehead atoms. The first kappa shape index (κ1) is 11.6. The predicted molar refractivity (Wildman–Crippen MR) is 63.3 cm³/mol. The van der Waals surface area contributed by atoms with Crippen LogP contribution >= 0.6 is 0 Å². The van der Waals surface area contributed by atoms with E-state index in [1.165, 1.54) is 0 Å². The molecule has 2 rings (SSSR count). The van der Waals surface area contributed by atoms with Gasteiger partial charge >= 0.3 is 0 Å². The van der Waals surface area contributed by atoms with Crippen molar-refractivity contribution in [3.8, 4) is 11.4 Å². The van der Waals surface area contributed by atoms with Gasteiger partial charge in [-0.3, -0.25) is 0 Å². The highest BCUT2D eigenvalue weighted by molar-refractivity contribution is 5.45. The number of aliphatic hydroxyl groups excluding tert-OH is 1. The van der Waals surface area contributed by atoms with Gasteiger partial charge < -0.3 is 9.84 Å². The van der Waals surface area contributed by atoms with Crippen LogP contribution in [0.5, 0.6) is 5.75 Å². The number of benzene rings is 1. The summed E-state index contributed by atoms with van der Waals surface area (Å²) in [6, 6.07) is 5.74. The minimum atomic E-state index is -0.0962. The second-order valence-corrected chi connectivity index (χ2v) is 3.84. The highest BCUT2D eigenvalue weighted by Gasteiger charge is 2.11. The van der Waals surface area contributed by atoms with E-state index < -0.39 is 0 Å². The molecule has 0 amide bonds. The molecule has 1 aromatic heterocycles. The molecule has 1 N–H and O–H groups in total. The van der Waals surface area contributed by atoms with E-state index in [4.69, 9.17) is 9.84 Å². The summed E-state index contributed by atoms with van der Waals surface area (Å²) in [4.78, 5) is 0. The SMILES string of the molecule is COc1ccc(-n2nnc(CO)c2C)c(C)c1. The molecular weight excluding hydrogens is 218 g/mol. The standard InChI is InChI=1S/C12H15N3O2/c1-8-6-10(17-3)4-5-12(8)15-9(2)11(7-16)13-14-15/h4-6,16H,7H2,1-3H3. The molecule has 5 heteroatoms.